The second-order valence-corrected chi connectivity index (χ2v) is 7.33. The summed E-state index contributed by atoms with van der Waals surface area (Å²) in [7, 11) is 2.08. The lowest BCUT2D eigenvalue weighted by Crippen LogP contribution is -2.25. The van der Waals surface area contributed by atoms with Gasteiger partial charge in [-0.15, -0.1) is 10.2 Å². The maximum absolute atomic E-state index is 4.70. The molecule has 0 aromatic carbocycles. The van der Waals surface area contributed by atoms with Gasteiger partial charge in [0.15, 0.2) is 17.6 Å². The van der Waals surface area contributed by atoms with Crippen LogP contribution < -0.4 is 5.22 Å². The van der Waals surface area contributed by atoms with Gasteiger partial charge in [-0.25, -0.2) is 4.58 Å². The zero-order valence-electron chi connectivity index (χ0n) is 16.6. The van der Waals surface area contributed by atoms with E-state index in [0.29, 0.717) is 5.82 Å². The first-order valence-electron chi connectivity index (χ1n) is 9.62. The Bertz CT molecular complexity index is 1320. The fourth-order valence-corrected chi connectivity index (χ4v) is 4.01. The lowest BCUT2D eigenvalue weighted by Gasteiger charge is -2.18. The molecule has 0 amide bonds. The average molecular weight is 381 g/mol. The predicted molar refractivity (Wildman–Crippen MR) is 113 cm³/mol. The Morgan fingerprint density at radius 1 is 1.17 bits per heavy atom. The van der Waals surface area contributed by atoms with Crippen LogP contribution in [0.25, 0.3) is 22.7 Å². The van der Waals surface area contributed by atoms with Crippen LogP contribution in [0.5, 0.6) is 0 Å². The van der Waals surface area contributed by atoms with E-state index in [0.717, 1.165) is 27.8 Å². The molecule has 29 heavy (non-hydrogen) atoms. The van der Waals surface area contributed by atoms with E-state index in [1.165, 1.54) is 11.3 Å². The lowest BCUT2D eigenvalue weighted by molar-refractivity contribution is -0.424. The van der Waals surface area contributed by atoms with Gasteiger partial charge >= 0.3 is 0 Å². The average Bonchev–Trinajstić information content (AvgIpc) is 3.28. The van der Waals surface area contributed by atoms with Gasteiger partial charge in [-0.2, -0.15) is 9.61 Å². The van der Waals surface area contributed by atoms with Crippen molar-refractivity contribution in [2.75, 3.05) is 7.05 Å². The summed E-state index contributed by atoms with van der Waals surface area (Å²) < 4.78 is 3.96. The van der Waals surface area contributed by atoms with Crippen molar-refractivity contribution < 1.29 is 4.58 Å². The van der Waals surface area contributed by atoms with Crippen LogP contribution in [0.1, 0.15) is 12.6 Å². The van der Waals surface area contributed by atoms with Gasteiger partial charge in [0.25, 0.3) is 0 Å². The molecular weight excluding hydrogens is 360 g/mol. The summed E-state index contributed by atoms with van der Waals surface area (Å²) in [6.45, 7) is 4.12. The molecule has 0 spiro atoms. The molecule has 0 saturated heterocycles. The van der Waals surface area contributed by atoms with Crippen LogP contribution in [-0.4, -0.2) is 42.1 Å². The second-order valence-electron chi connectivity index (χ2n) is 7.33. The van der Waals surface area contributed by atoms with E-state index in [2.05, 4.69) is 76.4 Å². The zero-order valence-corrected chi connectivity index (χ0v) is 16.6. The minimum absolute atomic E-state index is 0.256. The van der Waals surface area contributed by atoms with Crippen molar-refractivity contribution in [1.82, 2.24) is 24.8 Å². The van der Waals surface area contributed by atoms with Gasteiger partial charge in [0.05, 0.1) is 11.6 Å². The molecule has 5 rings (SSSR count). The molecule has 0 N–H and O–H groups in total. The van der Waals surface area contributed by atoms with E-state index in [1.807, 2.05) is 25.1 Å². The number of allylic oxidation sites excluding steroid dienone is 7. The topological polar surface area (TPSA) is 59.0 Å². The molecule has 1 unspecified atom stereocenters. The Morgan fingerprint density at radius 3 is 2.90 bits per heavy atom. The number of nitrogens with zero attached hydrogens (tertiary/aromatic N) is 6. The molecule has 2 aliphatic rings. The lowest BCUT2D eigenvalue weighted by atomic mass is 9.87. The quantitative estimate of drug-likeness (QED) is 0.641. The number of rotatable bonds is 2. The van der Waals surface area contributed by atoms with Crippen LogP contribution >= 0.6 is 0 Å². The summed E-state index contributed by atoms with van der Waals surface area (Å²) in [4.78, 5) is 4.39. The summed E-state index contributed by atoms with van der Waals surface area (Å²) in [5.74, 6) is 0.914. The van der Waals surface area contributed by atoms with Crippen LogP contribution in [-0.2, 0) is 0 Å². The molecule has 142 valence electrons. The van der Waals surface area contributed by atoms with Crippen LogP contribution in [0.2, 0.25) is 0 Å². The van der Waals surface area contributed by atoms with Crippen molar-refractivity contribution >= 4 is 16.9 Å². The van der Waals surface area contributed by atoms with Gasteiger partial charge in [0, 0.05) is 23.6 Å². The standard InChI is InChI=1S/C23H21N6/c1-15(14-17-11-13-28(3)20-10-5-4-8-18(17)20)21-16(2)27-29-22(25-26-23(21)29)19-9-6-7-12-24-19/h4-14,18H,1-3H3/q+1. The van der Waals surface area contributed by atoms with Crippen molar-refractivity contribution in [3.05, 3.63) is 83.5 Å². The third-order valence-corrected chi connectivity index (χ3v) is 5.40. The van der Waals surface area contributed by atoms with Crippen LogP contribution in [0, 0.1) is 12.8 Å². The first kappa shape index (κ1) is 17.4. The minimum atomic E-state index is 0.256. The monoisotopic (exact) mass is 381 g/mol. The first-order valence-corrected chi connectivity index (χ1v) is 9.62. The van der Waals surface area contributed by atoms with Crippen LogP contribution in [0.4, 0.5) is 0 Å². The molecule has 0 bridgehead atoms. The van der Waals surface area contributed by atoms with Crippen molar-refractivity contribution in [3.8, 4) is 11.5 Å². The molecule has 3 aromatic heterocycles. The van der Waals surface area contributed by atoms with Gasteiger partial charge in [0.2, 0.25) is 5.82 Å². The number of aromatic nitrogens is 5. The van der Waals surface area contributed by atoms with Crippen molar-refractivity contribution in [1.29, 1.82) is 0 Å². The fourth-order valence-electron chi connectivity index (χ4n) is 4.01. The molecule has 4 heterocycles. The Kier molecular flexibility index (Phi) is 4.05. The number of hydrogen-bond acceptors (Lipinski definition) is 4. The Labute approximate surface area is 168 Å². The number of fused-ring (bicyclic) bond motifs is 2. The van der Waals surface area contributed by atoms with Crippen molar-refractivity contribution in [2.45, 2.75) is 13.8 Å². The number of aryl methyl sites for hydroxylation is 1. The molecule has 0 fully saturated rings. The smallest absolute Gasteiger partial charge is 0.203 e. The highest BCUT2D eigenvalue weighted by Gasteiger charge is 2.26. The highest BCUT2D eigenvalue weighted by molar-refractivity contribution is 5.99. The van der Waals surface area contributed by atoms with E-state index in [9.17, 15) is 0 Å². The first-order chi connectivity index (χ1) is 14.1. The molecule has 3 aromatic rings. The summed E-state index contributed by atoms with van der Waals surface area (Å²) in [6, 6.07) is 5.74. The highest BCUT2D eigenvalue weighted by Crippen LogP contribution is 2.25. The van der Waals surface area contributed by atoms with Crippen LogP contribution in [0.3, 0.4) is 0 Å². The maximum Gasteiger partial charge on any atom is 0.203 e. The molecular formula is C23H21N6+. The van der Waals surface area contributed by atoms with E-state index < -0.39 is 0 Å². The normalized spacial score (nSPS) is 20.7. The Balaban J connectivity index is 1.65. The molecule has 1 atom stereocenters. The summed E-state index contributed by atoms with van der Waals surface area (Å²) in [5.41, 5.74) is 6.10. The third kappa shape index (κ3) is 2.84. The third-order valence-electron chi connectivity index (χ3n) is 5.40. The van der Waals surface area contributed by atoms with Gasteiger partial charge in [-0.05, 0) is 37.1 Å². The van der Waals surface area contributed by atoms with Gasteiger partial charge in [-0.3, -0.25) is 4.98 Å². The largest absolute Gasteiger partial charge is 0.253 e. The van der Waals surface area contributed by atoms with Gasteiger partial charge in [-0.1, -0.05) is 30.4 Å². The molecule has 6 heteroatoms. The van der Waals surface area contributed by atoms with Gasteiger partial charge in [0.1, 0.15) is 12.7 Å². The predicted octanol–water partition coefficient (Wildman–Crippen LogP) is 2.66. The summed E-state index contributed by atoms with van der Waals surface area (Å²) in [6.07, 6.45) is 16.9. The molecule has 1 aliphatic carbocycles. The highest BCUT2D eigenvalue weighted by atomic mass is 15.4. The second kappa shape index (κ2) is 6.74. The van der Waals surface area contributed by atoms with Crippen LogP contribution in [0.15, 0.2) is 72.6 Å². The number of hydrogen-bond donors (Lipinski definition) is 0. The van der Waals surface area contributed by atoms with E-state index >= 15 is 0 Å². The van der Waals surface area contributed by atoms with E-state index in [1.54, 1.807) is 10.7 Å². The molecule has 6 nitrogen and oxygen atoms in total. The Hall–Kier alpha value is -3.67. The fraction of sp³-hybridized carbons (Fsp3) is 0.174. The summed E-state index contributed by atoms with van der Waals surface area (Å²) in [5, 5.41) is 14.5. The van der Waals surface area contributed by atoms with Crippen molar-refractivity contribution in [3.63, 3.8) is 0 Å². The molecule has 0 radical (unpaired) electrons. The SMILES string of the molecule is CC(C=C1C=C[N+](C)=C2C=CC=CC12)=c1c(C)nn2c(-c3ccccn3)nnc12. The molecule has 0 saturated carbocycles. The maximum atomic E-state index is 4.70. The van der Waals surface area contributed by atoms with E-state index in [4.69, 9.17) is 5.10 Å². The van der Waals surface area contributed by atoms with E-state index in [-0.39, 0.29) is 5.92 Å². The van der Waals surface area contributed by atoms with Crippen molar-refractivity contribution in [2.24, 2.45) is 5.92 Å². The minimum Gasteiger partial charge on any atom is -0.253 e. The molecule has 1 aliphatic heterocycles. The Morgan fingerprint density at radius 2 is 2.07 bits per heavy atom. The zero-order chi connectivity index (χ0) is 20.0. The summed E-state index contributed by atoms with van der Waals surface area (Å²) >= 11 is 0. The number of pyridine rings is 1. The van der Waals surface area contributed by atoms with Gasteiger partial charge < -0.3 is 0 Å².